The van der Waals surface area contributed by atoms with E-state index in [2.05, 4.69) is 20.9 Å². The minimum Gasteiger partial charge on any atom is -0.497 e. The number of methoxy groups -OCH3 is 2. The number of para-hydroxylation sites is 1. The molecule has 0 N–H and O–H groups in total. The second kappa shape index (κ2) is 6.84. The van der Waals surface area contributed by atoms with Gasteiger partial charge in [-0.3, -0.25) is 0 Å². The van der Waals surface area contributed by atoms with Crippen LogP contribution in [0, 0.1) is 0 Å². The van der Waals surface area contributed by atoms with E-state index < -0.39 is 0 Å². The summed E-state index contributed by atoms with van der Waals surface area (Å²) < 4.78 is 11.7. The van der Waals surface area contributed by atoms with Gasteiger partial charge in [0.2, 0.25) is 0 Å². The number of ether oxygens (including phenoxy) is 2. The molecule has 3 aromatic rings. The van der Waals surface area contributed by atoms with Crippen LogP contribution in [0.15, 0.2) is 53.0 Å². The molecule has 116 valence electrons. The highest BCUT2D eigenvalue weighted by Gasteiger charge is 2.03. The van der Waals surface area contributed by atoms with Crippen LogP contribution in [-0.2, 0) is 0 Å². The maximum Gasteiger partial charge on any atom is 0.145 e. The van der Waals surface area contributed by atoms with Crippen molar-refractivity contribution < 1.29 is 9.47 Å². The Bertz CT molecular complexity index is 874. The molecule has 4 heteroatoms. The van der Waals surface area contributed by atoms with Gasteiger partial charge in [-0.25, -0.2) is 4.98 Å². The Kier molecular flexibility index (Phi) is 4.63. The zero-order valence-corrected chi connectivity index (χ0v) is 14.5. The first-order chi connectivity index (χ1) is 11.2. The molecule has 0 saturated carbocycles. The van der Waals surface area contributed by atoms with Crippen molar-refractivity contribution in [1.82, 2.24) is 4.98 Å². The summed E-state index contributed by atoms with van der Waals surface area (Å²) in [6.45, 7) is 0. The zero-order chi connectivity index (χ0) is 16.2. The molecule has 3 nitrogen and oxygen atoms in total. The van der Waals surface area contributed by atoms with E-state index in [9.17, 15) is 0 Å². The predicted molar refractivity (Wildman–Crippen MR) is 97.9 cm³/mol. The topological polar surface area (TPSA) is 31.4 Å². The Morgan fingerprint density at radius 3 is 2.61 bits per heavy atom. The van der Waals surface area contributed by atoms with Crippen LogP contribution in [0.2, 0.25) is 0 Å². The third-order valence-electron chi connectivity index (χ3n) is 3.56. The monoisotopic (exact) mass is 369 g/mol. The largest absolute Gasteiger partial charge is 0.497 e. The molecular formula is C19H16BrNO2. The number of benzene rings is 2. The average Bonchev–Trinajstić information content (AvgIpc) is 2.60. The number of halogens is 1. The highest BCUT2D eigenvalue weighted by molar-refractivity contribution is 9.10. The lowest BCUT2D eigenvalue weighted by molar-refractivity contribution is 0.414. The lowest BCUT2D eigenvalue weighted by atomic mass is 10.1. The Morgan fingerprint density at radius 2 is 1.83 bits per heavy atom. The van der Waals surface area contributed by atoms with Gasteiger partial charge in [-0.05, 0) is 42.0 Å². The number of rotatable bonds is 4. The van der Waals surface area contributed by atoms with Crippen LogP contribution in [0.1, 0.15) is 11.3 Å². The van der Waals surface area contributed by atoms with Crippen LogP contribution in [0.4, 0.5) is 0 Å². The number of fused-ring (bicyclic) bond motifs is 1. The number of aromatic nitrogens is 1. The third-order valence-corrected chi connectivity index (χ3v) is 4.28. The molecule has 1 heterocycles. The summed E-state index contributed by atoms with van der Waals surface area (Å²) in [4.78, 5) is 4.67. The molecule has 3 rings (SSSR count). The highest BCUT2D eigenvalue weighted by Crippen LogP contribution is 2.26. The van der Waals surface area contributed by atoms with E-state index >= 15 is 0 Å². The van der Waals surface area contributed by atoms with Crippen molar-refractivity contribution in [3.63, 3.8) is 0 Å². The van der Waals surface area contributed by atoms with Gasteiger partial charge in [0.25, 0.3) is 0 Å². The average molecular weight is 370 g/mol. The van der Waals surface area contributed by atoms with E-state index in [1.54, 1.807) is 14.2 Å². The molecule has 0 aliphatic heterocycles. The lowest BCUT2D eigenvalue weighted by Gasteiger charge is -2.05. The molecule has 1 aromatic heterocycles. The molecule has 0 aliphatic rings. The molecule has 0 atom stereocenters. The summed E-state index contributed by atoms with van der Waals surface area (Å²) in [6.07, 6.45) is 3.99. The fraction of sp³-hybridized carbons (Fsp3) is 0.105. The van der Waals surface area contributed by atoms with Crippen LogP contribution in [-0.4, -0.2) is 19.2 Å². The fourth-order valence-corrected chi connectivity index (χ4v) is 2.72. The summed E-state index contributed by atoms with van der Waals surface area (Å²) in [5.74, 6) is 1.60. The van der Waals surface area contributed by atoms with Crippen LogP contribution >= 0.6 is 15.9 Å². The van der Waals surface area contributed by atoms with Crippen molar-refractivity contribution in [2.45, 2.75) is 0 Å². The third kappa shape index (κ3) is 3.37. The predicted octanol–water partition coefficient (Wildman–Crippen LogP) is 5.18. The van der Waals surface area contributed by atoms with E-state index in [1.165, 1.54) is 0 Å². The summed E-state index contributed by atoms with van der Waals surface area (Å²) in [6, 6.07) is 15.8. The lowest BCUT2D eigenvalue weighted by Crippen LogP contribution is -1.89. The van der Waals surface area contributed by atoms with E-state index in [4.69, 9.17) is 9.47 Å². The van der Waals surface area contributed by atoms with E-state index in [1.807, 2.05) is 60.7 Å². The van der Waals surface area contributed by atoms with Gasteiger partial charge in [-0.1, -0.05) is 40.2 Å². The normalized spacial score (nSPS) is 11.1. The van der Waals surface area contributed by atoms with Crippen molar-refractivity contribution in [3.8, 4) is 11.5 Å². The molecule has 0 aliphatic carbocycles. The van der Waals surface area contributed by atoms with Crippen LogP contribution in [0.25, 0.3) is 23.1 Å². The highest BCUT2D eigenvalue weighted by atomic mass is 79.9. The summed E-state index contributed by atoms with van der Waals surface area (Å²) in [7, 11) is 3.32. The van der Waals surface area contributed by atoms with Gasteiger partial charge in [0, 0.05) is 9.86 Å². The first-order valence-electron chi connectivity index (χ1n) is 7.16. The van der Waals surface area contributed by atoms with Crippen LogP contribution < -0.4 is 9.47 Å². The van der Waals surface area contributed by atoms with Gasteiger partial charge in [0.1, 0.15) is 17.0 Å². The van der Waals surface area contributed by atoms with Gasteiger partial charge in [-0.15, -0.1) is 0 Å². The van der Waals surface area contributed by atoms with E-state index in [-0.39, 0.29) is 0 Å². The smallest absolute Gasteiger partial charge is 0.145 e. The quantitative estimate of drug-likeness (QED) is 0.634. The number of pyridine rings is 1. The van der Waals surface area contributed by atoms with Crippen molar-refractivity contribution in [3.05, 3.63) is 64.3 Å². The molecule has 23 heavy (non-hydrogen) atoms. The molecule has 0 saturated heterocycles. The molecule has 0 spiro atoms. The van der Waals surface area contributed by atoms with Gasteiger partial charge >= 0.3 is 0 Å². The van der Waals surface area contributed by atoms with Gasteiger partial charge < -0.3 is 9.47 Å². The minimum atomic E-state index is 0.778. The van der Waals surface area contributed by atoms with Crippen molar-refractivity contribution >= 4 is 39.0 Å². The van der Waals surface area contributed by atoms with Gasteiger partial charge in [-0.2, -0.15) is 0 Å². The molecule has 0 amide bonds. The van der Waals surface area contributed by atoms with Gasteiger partial charge in [0.05, 0.1) is 19.9 Å². The molecule has 0 unspecified atom stereocenters. The van der Waals surface area contributed by atoms with Crippen molar-refractivity contribution in [2.75, 3.05) is 14.2 Å². The van der Waals surface area contributed by atoms with Crippen LogP contribution in [0.5, 0.6) is 11.5 Å². The Morgan fingerprint density at radius 1 is 0.957 bits per heavy atom. The van der Waals surface area contributed by atoms with Gasteiger partial charge in [0.15, 0.2) is 0 Å². The number of hydrogen-bond acceptors (Lipinski definition) is 3. The maximum absolute atomic E-state index is 5.38. The summed E-state index contributed by atoms with van der Waals surface area (Å²) in [5.41, 5.74) is 2.77. The molecular weight excluding hydrogens is 354 g/mol. The second-order valence-corrected chi connectivity index (χ2v) is 5.84. The fourth-order valence-electron chi connectivity index (χ4n) is 2.34. The standard InChI is InChI=1S/C19H16BrNO2/c1-22-16-10-11-17(20)14(12-16)7-9-15-8-6-13-4-3-5-18(23-2)19(13)21-15/h3-12H,1-2H3/b9-7+. The summed E-state index contributed by atoms with van der Waals surface area (Å²) in [5, 5.41) is 1.06. The second-order valence-electron chi connectivity index (χ2n) is 4.99. The SMILES string of the molecule is COc1ccc(Br)c(/C=C/c2ccc3cccc(OC)c3n2)c1. The zero-order valence-electron chi connectivity index (χ0n) is 12.9. The number of hydrogen-bond donors (Lipinski definition) is 0. The van der Waals surface area contributed by atoms with Crippen LogP contribution in [0.3, 0.4) is 0 Å². The van der Waals surface area contributed by atoms with Crippen molar-refractivity contribution in [2.24, 2.45) is 0 Å². The molecule has 0 radical (unpaired) electrons. The van der Waals surface area contributed by atoms with E-state index in [0.717, 1.165) is 38.1 Å². The Balaban J connectivity index is 1.98. The molecule has 2 aromatic carbocycles. The first-order valence-corrected chi connectivity index (χ1v) is 7.96. The Labute approximate surface area is 143 Å². The summed E-state index contributed by atoms with van der Waals surface area (Å²) >= 11 is 3.55. The van der Waals surface area contributed by atoms with E-state index in [0.29, 0.717) is 0 Å². The number of nitrogens with zero attached hydrogens (tertiary/aromatic N) is 1. The molecule has 0 bridgehead atoms. The molecule has 0 fully saturated rings. The Hall–Kier alpha value is -2.33. The first kappa shape index (κ1) is 15.6. The van der Waals surface area contributed by atoms with Crippen molar-refractivity contribution in [1.29, 1.82) is 0 Å². The minimum absolute atomic E-state index is 0.778. The maximum atomic E-state index is 5.38.